The molecule has 1 aliphatic rings. The first-order valence-corrected chi connectivity index (χ1v) is 7.25. The quantitative estimate of drug-likeness (QED) is 0.774. The van der Waals surface area contributed by atoms with E-state index < -0.39 is 0 Å². The van der Waals surface area contributed by atoms with E-state index in [1.165, 1.54) is 12.8 Å². The van der Waals surface area contributed by atoms with Gasteiger partial charge in [0.15, 0.2) is 0 Å². The van der Waals surface area contributed by atoms with Crippen molar-refractivity contribution in [1.29, 1.82) is 0 Å². The molecule has 2 rings (SSSR count). The SMILES string of the molecule is CCCC(CNC1CC1)OCc1cccc(Cl)c1. The van der Waals surface area contributed by atoms with Crippen molar-refractivity contribution in [2.75, 3.05) is 6.54 Å². The van der Waals surface area contributed by atoms with E-state index in [0.717, 1.165) is 36.0 Å². The Morgan fingerprint density at radius 2 is 2.28 bits per heavy atom. The monoisotopic (exact) mass is 267 g/mol. The van der Waals surface area contributed by atoms with Crippen LogP contribution in [0.15, 0.2) is 24.3 Å². The average molecular weight is 268 g/mol. The van der Waals surface area contributed by atoms with Crippen molar-refractivity contribution in [3.63, 3.8) is 0 Å². The van der Waals surface area contributed by atoms with Crippen LogP contribution in [0.1, 0.15) is 38.2 Å². The molecule has 1 aromatic rings. The Hall–Kier alpha value is -0.570. The van der Waals surface area contributed by atoms with Crippen LogP contribution in [0.25, 0.3) is 0 Å². The maximum Gasteiger partial charge on any atom is 0.0721 e. The molecular formula is C15H22ClNO. The van der Waals surface area contributed by atoms with Gasteiger partial charge in [-0.25, -0.2) is 0 Å². The van der Waals surface area contributed by atoms with Gasteiger partial charge in [0.25, 0.3) is 0 Å². The molecule has 1 aromatic carbocycles. The Kier molecular flexibility index (Phi) is 5.48. The van der Waals surface area contributed by atoms with E-state index >= 15 is 0 Å². The van der Waals surface area contributed by atoms with Gasteiger partial charge in [-0.05, 0) is 37.0 Å². The third-order valence-electron chi connectivity index (χ3n) is 3.20. The Morgan fingerprint density at radius 1 is 1.44 bits per heavy atom. The molecule has 1 fully saturated rings. The number of hydrogen-bond donors (Lipinski definition) is 1. The highest BCUT2D eigenvalue weighted by molar-refractivity contribution is 6.30. The fourth-order valence-electron chi connectivity index (χ4n) is 1.99. The number of benzene rings is 1. The van der Waals surface area contributed by atoms with Crippen molar-refractivity contribution >= 4 is 11.6 Å². The second-order valence-electron chi connectivity index (χ2n) is 5.03. The Morgan fingerprint density at radius 3 is 2.94 bits per heavy atom. The van der Waals surface area contributed by atoms with E-state index in [1.54, 1.807) is 0 Å². The van der Waals surface area contributed by atoms with E-state index in [1.807, 2.05) is 18.2 Å². The zero-order valence-corrected chi connectivity index (χ0v) is 11.7. The lowest BCUT2D eigenvalue weighted by Gasteiger charge is -2.18. The molecular weight excluding hydrogens is 246 g/mol. The highest BCUT2D eigenvalue weighted by atomic mass is 35.5. The van der Waals surface area contributed by atoms with E-state index in [-0.39, 0.29) is 0 Å². The van der Waals surface area contributed by atoms with E-state index in [4.69, 9.17) is 16.3 Å². The third-order valence-corrected chi connectivity index (χ3v) is 3.43. The Bertz CT molecular complexity index is 365. The van der Waals surface area contributed by atoms with Crippen LogP contribution in [-0.4, -0.2) is 18.7 Å². The van der Waals surface area contributed by atoms with Crippen LogP contribution in [0.5, 0.6) is 0 Å². The molecule has 1 saturated carbocycles. The van der Waals surface area contributed by atoms with Crippen LogP contribution in [-0.2, 0) is 11.3 Å². The van der Waals surface area contributed by atoms with Gasteiger partial charge in [0.1, 0.15) is 0 Å². The summed E-state index contributed by atoms with van der Waals surface area (Å²) in [6.07, 6.45) is 5.24. The van der Waals surface area contributed by atoms with Crippen molar-refractivity contribution in [2.24, 2.45) is 0 Å². The van der Waals surface area contributed by atoms with Crippen molar-refractivity contribution in [3.05, 3.63) is 34.9 Å². The molecule has 0 radical (unpaired) electrons. The molecule has 1 aliphatic carbocycles. The molecule has 0 aromatic heterocycles. The molecule has 100 valence electrons. The summed E-state index contributed by atoms with van der Waals surface area (Å²) in [5.41, 5.74) is 1.15. The molecule has 0 saturated heterocycles. The molecule has 0 amide bonds. The standard InChI is InChI=1S/C15H22ClNO/c1-2-4-15(10-17-14-7-8-14)18-11-12-5-3-6-13(16)9-12/h3,5-6,9,14-15,17H,2,4,7-8,10-11H2,1H3. The van der Waals surface area contributed by atoms with Gasteiger partial charge in [0, 0.05) is 17.6 Å². The van der Waals surface area contributed by atoms with Gasteiger partial charge in [-0.3, -0.25) is 0 Å². The summed E-state index contributed by atoms with van der Waals surface area (Å²) in [7, 11) is 0. The average Bonchev–Trinajstić information content (AvgIpc) is 3.17. The van der Waals surface area contributed by atoms with E-state index in [9.17, 15) is 0 Å². The van der Waals surface area contributed by atoms with E-state index in [2.05, 4.69) is 18.3 Å². The summed E-state index contributed by atoms with van der Waals surface area (Å²) in [6.45, 7) is 3.82. The zero-order chi connectivity index (χ0) is 12.8. The van der Waals surface area contributed by atoms with Crippen molar-refractivity contribution in [1.82, 2.24) is 5.32 Å². The second kappa shape index (κ2) is 7.13. The van der Waals surface area contributed by atoms with Gasteiger partial charge < -0.3 is 10.1 Å². The van der Waals surface area contributed by atoms with Crippen LogP contribution in [0.3, 0.4) is 0 Å². The number of halogens is 1. The van der Waals surface area contributed by atoms with Crippen molar-refractivity contribution in [2.45, 2.75) is 51.4 Å². The number of ether oxygens (including phenoxy) is 1. The van der Waals surface area contributed by atoms with Gasteiger partial charge in [0.2, 0.25) is 0 Å². The lowest BCUT2D eigenvalue weighted by atomic mass is 10.2. The molecule has 0 heterocycles. The van der Waals surface area contributed by atoms with Gasteiger partial charge in [0.05, 0.1) is 12.7 Å². The first-order chi connectivity index (χ1) is 8.78. The number of nitrogens with one attached hydrogen (secondary N) is 1. The number of rotatable bonds is 8. The minimum absolute atomic E-state index is 0.314. The molecule has 3 heteroatoms. The highest BCUT2D eigenvalue weighted by Crippen LogP contribution is 2.19. The first-order valence-electron chi connectivity index (χ1n) is 6.87. The smallest absolute Gasteiger partial charge is 0.0721 e. The number of hydrogen-bond acceptors (Lipinski definition) is 2. The lowest BCUT2D eigenvalue weighted by molar-refractivity contribution is 0.0346. The van der Waals surface area contributed by atoms with Crippen LogP contribution in [0, 0.1) is 0 Å². The van der Waals surface area contributed by atoms with Gasteiger partial charge in [-0.1, -0.05) is 37.1 Å². The summed E-state index contributed by atoms with van der Waals surface area (Å²) in [4.78, 5) is 0. The van der Waals surface area contributed by atoms with Gasteiger partial charge in [-0.15, -0.1) is 0 Å². The fourth-order valence-corrected chi connectivity index (χ4v) is 2.21. The first kappa shape index (κ1) is 13.9. The Balaban J connectivity index is 1.76. The normalized spacial score (nSPS) is 16.8. The van der Waals surface area contributed by atoms with Crippen LogP contribution in [0.4, 0.5) is 0 Å². The zero-order valence-electron chi connectivity index (χ0n) is 11.0. The minimum Gasteiger partial charge on any atom is -0.372 e. The Labute approximate surface area is 115 Å². The van der Waals surface area contributed by atoms with Crippen molar-refractivity contribution < 1.29 is 4.74 Å². The molecule has 0 bridgehead atoms. The summed E-state index contributed by atoms with van der Waals surface area (Å²) >= 11 is 5.96. The van der Waals surface area contributed by atoms with Crippen LogP contribution in [0.2, 0.25) is 5.02 Å². The maximum absolute atomic E-state index is 5.98. The topological polar surface area (TPSA) is 21.3 Å². The predicted octanol–water partition coefficient (Wildman–Crippen LogP) is 3.78. The summed E-state index contributed by atoms with van der Waals surface area (Å²) < 4.78 is 5.98. The van der Waals surface area contributed by atoms with E-state index in [0.29, 0.717) is 12.7 Å². The molecule has 1 N–H and O–H groups in total. The maximum atomic E-state index is 5.98. The third kappa shape index (κ3) is 4.97. The second-order valence-corrected chi connectivity index (χ2v) is 5.47. The molecule has 1 atom stereocenters. The largest absolute Gasteiger partial charge is 0.372 e. The molecule has 18 heavy (non-hydrogen) atoms. The molecule has 0 spiro atoms. The fraction of sp³-hybridized carbons (Fsp3) is 0.600. The van der Waals surface area contributed by atoms with Crippen LogP contribution >= 0.6 is 11.6 Å². The summed E-state index contributed by atoms with van der Waals surface area (Å²) in [6, 6.07) is 8.64. The molecule has 2 nitrogen and oxygen atoms in total. The van der Waals surface area contributed by atoms with Crippen molar-refractivity contribution in [3.8, 4) is 0 Å². The van der Waals surface area contributed by atoms with Gasteiger partial charge in [-0.2, -0.15) is 0 Å². The summed E-state index contributed by atoms with van der Waals surface area (Å²) in [5, 5.41) is 4.32. The highest BCUT2D eigenvalue weighted by Gasteiger charge is 2.21. The molecule has 1 unspecified atom stereocenters. The predicted molar refractivity (Wildman–Crippen MR) is 76.0 cm³/mol. The lowest BCUT2D eigenvalue weighted by Crippen LogP contribution is -2.30. The minimum atomic E-state index is 0.314. The van der Waals surface area contributed by atoms with Crippen LogP contribution < -0.4 is 5.32 Å². The van der Waals surface area contributed by atoms with Gasteiger partial charge >= 0.3 is 0 Å². The molecule has 0 aliphatic heterocycles. The summed E-state index contributed by atoms with van der Waals surface area (Å²) in [5.74, 6) is 0.